The molecular weight excluding hydrogens is 240 g/mol. The van der Waals surface area contributed by atoms with Gasteiger partial charge in [-0.3, -0.25) is 4.79 Å². The maximum absolute atomic E-state index is 12.4. The van der Waals surface area contributed by atoms with Crippen LogP contribution in [0.15, 0.2) is 18.2 Å². The molecule has 0 spiro atoms. The second kappa shape index (κ2) is 6.04. The molecule has 1 fully saturated rings. The molecule has 1 aromatic carbocycles. The lowest BCUT2D eigenvalue weighted by Crippen LogP contribution is -2.46. The van der Waals surface area contributed by atoms with Crippen LogP contribution in [0.2, 0.25) is 0 Å². The van der Waals surface area contributed by atoms with Gasteiger partial charge < -0.3 is 20.9 Å². The molecule has 1 saturated heterocycles. The van der Waals surface area contributed by atoms with Gasteiger partial charge in [0, 0.05) is 44.0 Å². The number of anilines is 1. The summed E-state index contributed by atoms with van der Waals surface area (Å²) in [6, 6.07) is 5.64. The van der Waals surface area contributed by atoms with E-state index in [1.807, 2.05) is 31.1 Å². The second-order valence-corrected chi connectivity index (χ2v) is 5.24. The number of hydrogen-bond donors (Lipinski definition) is 2. The zero-order valence-corrected chi connectivity index (χ0v) is 11.6. The minimum atomic E-state index is 0.0776. The second-order valence-electron chi connectivity index (χ2n) is 5.24. The summed E-state index contributed by atoms with van der Waals surface area (Å²) >= 11 is 0. The summed E-state index contributed by atoms with van der Waals surface area (Å²) in [7, 11) is 4.00. The van der Waals surface area contributed by atoms with Gasteiger partial charge in [0.1, 0.15) is 0 Å². The van der Waals surface area contributed by atoms with Gasteiger partial charge in [-0.15, -0.1) is 0 Å². The summed E-state index contributed by atoms with van der Waals surface area (Å²) in [4.78, 5) is 16.4. The first-order chi connectivity index (χ1) is 9.06. The van der Waals surface area contributed by atoms with E-state index >= 15 is 0 Å². The molecule has 0 unspecified atom stereocenters. The van der Waals surface area contributed by atoms with E-state index < -0.39 is 0 Å². The predicted molar refractivity (Wildman–Crippen MR) is 77.0 cm³/mol. The highest BCUT2D eigenvalue weighted by Crippen LogP contribution is 2.15. The van der Waals surface area contributed by atoms with Crippen LogP contribution in [0.3, 0.4) is 0 Å². The summed E-state index contributed by atoms with van der Waals surface area (Å²) < 4.78 is 0. The maximum atomic E-state index is 12.4. The third-order valence-electron chi connectivity index (χ3n) is 3.17. The molecule has 3 N–H and O–H groups in total. The van der Waals surface area contributed by atoms with Crippen LogP contribution in [-0.4, -0.2) is 56.0 Å². The van der Waals surface area contributed by atoms with Crippen LogP contribution in [0.4, 0.5) is 5.69 Å². The standard InChI is InChI=1S/C14H22N4O/c1-17(2)10-11-7-12(9-13(15)8-11)14(19)18-5-3-16-4-6-18/h7-9,16H,3-6,10,15H2,1-2H3. The highest BCUT2D eigenvalue weighted by molar-refractivity contribution is 5.95. The number of carbonyl (C=O) groups excluding carboxylic acids is 1. The van der Waals surface area contributed by atoms with Crippen LogP contribution in [0, 0.1) is 0 Å². The van der Waals surface area contributed by atoms with Crippen molar-refractivity contribution in [3.8, 4) is 0 Å². The van der Waals surface area contributed by atoms with Gasteiger partial charge in [0.2, 0.25) is 0 Å². The van der Waals surface area contributed by atoms with E-state index in [2.05, 4.69) is 10.2 Å². The minimum Gasteiger partial charge on any atom is -0.399 e. The highest BCUT2D eigenvalue weighted by atomic mass is 16.2. The van der Waals surface area contributed by atoms with E-state index in [4.69, 9.17) is 5.73 Å². The number of rotatable bonds is 3. The first-order valence-corrected chi connectivity index (χ1v) is 6.60. The largest absolute Gasteiger partial charge is 0.399 e. The Morgan fingerprint density at radius 1 is 1.32 bits per heavy atom. The monoisotopic (exact) mass is 262 g/mol. The Bertz CT molecular complexity index is 453. The molecule has 0 radical (unpaired) electrons. The zero-order chi connectivity index (χ0) is 13.8. The zero-order valence-electron chi connectivity index (χ0n) is 11.6. The van der Waals surface area contributed by atoms with E-state index in [-0.39, 0.29) is 5.91 Å². The van der Waals surface area contributed by atoms with Crippen molar-refractivity contribution in [1.82, 2.24) is 15.1 Å². The molecule has 1 aliphatic heterocycles. The number of carbonyl (C=O) groups is 1. The van der Waals surface area contributed by atoms with Crippen molar-refractivity contribution in [2.75, 3.05) is 46.0 Å². The number of amides is 1. The van der Waals surface area contributed by atoms with E-state index in [0.717, 1.165) is 38.3 Å². The predicted octanol–water partition coefficient (Wildman–Crippen LogP) is 0.376. The van der Waals surface area contributed by atoms with Crippen LogP contribution >= 0.6 is 0 Å². The Kier molecular flexibility index (Phi) is 4.39. The van der Waals surface area contributed by atoms with Gasteiger partial charge in [-0.25, -0.2) is 0 Å². The van der Waals surface area contributed by atoms with Gasteiger partial charge in [-0.05, 0) is 37.9 Å². The minimum absolute atomic E-state index is 0.0776. The van der Waals surface area contributed by atoms with Crippen molar-refractivity contribution in [2.24, 2.45) is 0 Å². The fourth-order valence-corrected chi connectivity index (χ4v) is 2.35. The molecule has 5 nitrogen and oxygen atoms in total. The van der Waals surface area contributed by atoms with E-state index in [1.165, 1.54) is 0 Å². The number of nitrogen functional groups attached to an aromatic ring is 1. The molecule has 104 valence electrons. The third-order valence-corrected chi connectivity index (χ3v) is 3.17. The Labute approximate surface area is 114 Å². The van der Waals surface area contributed by atoms with E-state index in [1.54, 1.807) is 6.07 Å². The first kappa shape index (κ1) is 13.8. The lowest BCUT2D eigenvalue weighted by Gasteiger charge is -2.27. The molecule has 1 amide bonds. The van der Waals surface area contributed by atoms with Crippen LogP contribution in [0.1, 0.15) is 15.9 Å². The summed E-state index contributed by atoms with van der Waals surface area (Å²) in [6.07, 6.45) is 0. The van der Waals surface area contributed by atoms with Crippen molar-refractivity contribution in [3.63, 3.8) is 0 Å². The first-order valence-electron chi connectivity index (χ1n) is 6.60. The Hall–Kier alpha value is -1.59. The van der Waals surface area contributed by atoms with Crippen LogP contribution in [-0.2, 0) is 6.54 Å². The normalized spacial score (nSPS) is 15.8. The smallest absolute Gasteiger partial charge is 0.254 e. The molecule has 2 rings (SSSR count). The third kappa shape index (κ3) is 3.68. The molecule has 19 heavy (non-hydrogen) atoms. The number of nitrogens with zero attached hydrogens (tertiary/aromatic N) is 2. The van der Waals surface area contributed by atoms with E-state index in [9.17, 15) is 4.79 Å². The van der Waals surface area contributed by atoms with Crippen molar-refractivity contribution in [1.29, 1.82) is 0 Å². The molecule has 1 heterocycles. The number of hydrogen-bond acceptors (Lipinski definition) is 4. The average Bonchev–Trinajstić information content (AvgIpc) is 2.37. The fourth-order valence-electron chi connectivity index (χ4n) is 2.35. The number of nitrogens with two attached hydrogens (primary N) is 1. The molecule has 0 saturated carbocycles. The van der Waals surface area contributed by atoms with Gasteiger partial charge in [0.25, 0.3) is 5.91 Å². The maximum Gasteiger partial charge on any atom is 0.254 e. The summed E-state index contributed by atoms with van der Waals surface area (Å²) in [5, 5.41) is 3.24. The summed E-state index contributed by atoms with van der Waals surface area (Å²) in [5.41, 5.74) is 8.32. The summed E-state index contributed by atoms with van der Waals surface area (Å²) in [6.45, 7) is 4.03. The van der Waals surface area contributed by atoms with Gasteiger partial charge in [-0.2, -0.15) is 0 Å². The Morgan fingerprint density at radius 2 is 2.00 bits per heavy atom. The molecule has 0 bridgehead atoms. The van der Waals surface area contributed by atoms with Crippen molar-refractivity contribution in [2.45, 2.75) is 6.54 Å². The number of piperazine rings is 1. The van der Waals surface area contributed by atoms with Crippen molar-refractivity contribution < 1.29 is 4.79 Å². The highest BCUT2D eigenvalue weighted by Gasteiger charge is 2.18. The average molecular weight is 262 g/mol. The summed E-state index contributed by atoms with van der Waals surface area (Å²) in [5.74, 6) is 0.0776. The molecule has 0 aromatic heterocycles. The Morgan fingerprint density at radius 3 is 2.63 bits per heavy atom. The molecule has 1 aromatic rings. The molecule has 0 atom stereocenters. The van der Waals surface area contributed by atoms with E-state index in [0.29, 0.717) is 11.3 Å². The van der Waals surface area contributed by atoms with Gasteiger partial charge in [0.05, 0.1) is 0 Å². The molecule has 5 heteroatoms. The van der Waals surface area contributed by atoms with Gasteiger partial charge >= 0.3 is 0 Å². The molecular formula is C14H22N4O. The SMILES string of the molecule is CN(C)Cc1cc(N)cc(C(=O)N2CCNCC2)c1. The molecule has 0 aliphatic carbocycles. The van der Waals surface area contributed by atoms with Crippen LogP contribution in [0.25, 0.3) is 0 Å². The van der Waals surface area contributed by atoms with Crippen molar-refractivity contribution >= 4 is 11.6 Å². The lowest BCUT2D eigenvalue weighted by molar-refractivity contribution is 0.0735. The van der Waals surface area contributed by atoms with Gasteiger partial charge in [0.15, 0.2) is 0 Å². The van der Waals surface area contributed by atoms with Crippen molar-refractivity contribution in [3.05, 3.63) is 29.3 Å². The topological polar surface area (TPSA) is 61.6 Å². The van der Waals surface area contributed by atoms with Crippen LogP contribution in [0.5, 0.6) is 0 Å². The number of benzene rings is 1. The molecule has 1 aliphatic rings. The quantitative estimate of drug-likeness (QED) is 0.773. The lowest BCUT2D eigenvalue weighted by atomic mass is 10.1. The van der Waals surface area contributed by atoms with Crippen LogP contribution < -0.4 is 11.1 Å². The number of nitrogens with one attached hydrogen (secondary N) is 1. The fraction of sp³-hybridized carbons (Fsp3) is 0.500. The Balaban J connectivity index is 2.18. The van der Waals surface area contributed by atoms with Gasteiger partial charge in [-0.1, -0.05) is 0 Å².